The van der Waals surface area contributed by atoms with E-state index in [4.69, 9.17) is 67.3 Å². The van der Waals surface area contributed by atoms with Crippen LogP contribution in [0.3, 0.4) is 0 Å². The van der Waals surface area contributed by atoms with Gasteiger partial charge in [-0.3, -0.25) is 0 Å². The summed E-state index contributed by atoms with van der Waals surface area (Å²) in [5.74, 6) is 1.79. The Morgan fingerprint density at radius 3 is 1.03 bits per heavy atom. The van der Waals surface area contributed by atoms with Gasteiger partial charge in [-0.2, -0.15) is 0 Å². The van der Waals surface area contributed by atoms with Gasteiger partial charge in [-0.05, 0) is 83.9 Å². The van der Waals surface area contributed by atoms with Gasteiger partial charge in [-0.1, -0.05) is 46.4 Å². The maximum Gasteiger partial charge on any atom is 0.164 e. The standard InChI is InChI=1S/C24H16Cl4N2O2/c25-19-9-13(10-20(26)23(19)31-17-5-1-15(29)2-6-17)14-11-21(27)24(22(28)12-14)32-18-7-3-16(30)4-8-18/h1-12H,29-30H2. The van der Waals surface area contributed by atoms with E-state index in [1.165, 1.54) is 0 Å². The minimum Gasteiger partial charge on any atom is -0.454 e. The van der Waals surface area contributed by atoms with Crippen LogP contribution in [0.1, 0.15) is 0 Å². The van der Waals surface area contributed by atoms with Crippen LogP contribution >= 0.6 is 46.4 Å². The minimum absolute atomic E-state index is 0.332. The van der Waals surface area contributed by atoms with Crippen molar-refractivity contribution in [2.75, 3.05) is 11.5 Å². The number of hydrogen-bond acceptors (Lipinski definition) is 4. The highest BCUT2D eigenvalue weighted by Gasteiger charge is 2.16. The number of nitrogen functional groups attached to an aromatic ring is 2. The van der Waals surface area contributed by atoms with Crippen LogP contribution in [-0.4, -0.2) is 0 Å². The SMILES string of the molecule is Nc1ccc(Oc2c(Cl)cc(-c3cc(Cl)c(Oc4ccc(N)cc4)c(Cl)c3)cc2Cl)cc1. The van der Waals surface area contributed by atoms with Crippen molar-refractivity contribution >= 4 is 57.8 Å². The number of halogens is 4. The molecule has 32 heavy (non-hydrogen) atoms. The van der Waals surface area contributed by atoms with Crippen LogP contribution < -0.4 is 20.9 Å². The van der Waals surface area contributed by atoms with E-state index in [1.807, 2.05) is 0 Å². The van der Waals surface area contributed by atoms with Gasteiger partial charge in [-0.15, -0.1) is 0 Å². The molecule has 0 saturated carbocycles. The molecule has 4 aromatic carbocycles. The van der Waals surface area contributed by atoms with Crippen molar-refractivity contribution in [3.8, 4) is 34.1 Å². The van der Waals surface area contributed by atoms with Crippen molar-refractivity contribution in [2.45, 2.75) is 0 Å². The Morgan fingerprint density at radius 2 is 0.750 bits per heavy atom. The van der Waals surface area contributed by atoms with Crippen LogP contribution in [0.5, 0.6) is 23.0 Å². The third-order valence-corrected chi connectivity index (χ3v) is 5.65. The molecule has 0 radical (unpaired) electrons. The van der Waals surface area contributed by atoms with E-state index in [-0.39, 0.29) is 0 Å². The van der Waals surface area contributed by atoms with Crippen molar-refractivity contribution in [1.82, 2.24) is 0 Å². The normalized spacial score (nSPS) is 10.8. The Balaban J connectivity index is 1.63. The number of anilines is 2. The van der Waals surface area contributed by atoms with Crippen molar-refractivity contribution in [2.24, 2.45) is 0 Å². The lowest BCUT2D eigenvalue weighted by atomic mass is 10.1. The van der Waals surface area contributed by atoms with Gasteiger partial charge in [-0.25, -0.2) is 0 Å². The second-order valence-electron chi connectivity index (χ2n) is 6.88. The first-order valence-electron chi connectivity index (χ1n) is 9.35. The molecule has 0 heterocycles. The van der Waals surface area contributed by atoms with Gasteiger partial charge in [0.1, 0.15) is 11.5 Å². The van der Waals surface area contributed by atoms with E-state index < -0.39 is 0 Å². The highest BCUT2D eigenvalue weighted by molar-refractivity contribution is 6.38. The summed E-state index contributed by atoms with van der Waals surface area (Å²) >= 11 is 25.8. The molecule has 8 heteroatoms. The van der Waals surface area contributed by atoms with Crippen molar-refractivity contribution in [3.05, 3.63) is 92.9 Å². The maximum atomic E-state index is 6.46. The number of benzene rings is 4. The van der Waals surface area contributed by atoms with Gasteiger partial charge in [0, 0.05) is 11.4 Å². The molecule has 4 aromatic rings. The van der Waals surface area contributed by atoms with Gasteiger partial charge in [0.15, 0.2) is 11.5 Å². The number of hydrogen-bond donors (Lipinski definition) is 2. The lowest BCUT2D eigenvalue weighted by molar-refractivity contribution is 0.483. The lowest BCUT2D eigenvalue weighted by Crippen LogP contribution is -1.91. The van der Waals surface area contributed by atoms with Gasteiger partial charge >= 0.3 is 0 Å². The fraction of sp³-hybridized carbons (Fsp3) is 0. The Morgan fingerprint density at radius 1 is 0.469 bits per heavy atom. The fourth-order valence-electron chi connectivity index (χ4n) is 2.96. The highest BCUT2D eigenvalue weighted by atomic mass is 35.5. The molecule has 0 fully saturated rings. The summed E-state index contributed by atoms with van der Waals surface area (Å²) in [6.07, 6.45) is 0. The first-order chi connectivity index (χ1) is 15.3. The van der Waals surface area contributed by atoms with E-state index in [0.29, 0.717) is 65.6 Å². The van der Waals surface area contributed by atoms with Crippen LogP contribution in [0.15, 0.2) is 72.8 Å². The van der Waals surface area contributed by atoms with E-state index in [1.54, 1.807) is 72.8 Å². The molecule has 0 aliphatic carbocycles. The summed E-state index contributed by atoms with van der Waals surface area (Å²) in [5.41, 5.74) is 14.1. The molecule has 4 rings (SSSR count). The molecule has 0 aliphatic heterocycles. The molecule has 0 spiro atoms. The summed E-state index contributed by atoms with van der Waals surface area (Å²) in [6, 6.07) is 20.7. The molecule has 0 atom stereocenters. The van der Waals surface area contributed by atoms with Crippen LogP contribution in [0.25, 0.3) is 11.1 Å². The molecular formula is C24H16Cl4N2O2. The average Bonchev–Trinajstić information content (AvgIpc) is 2.75. The van der Waals surface area contributed by atoms with Crippen molar-refractivity contribution < 1.29 is 9.47 Å². The lowest BCUT2D eigenvalue weighted by Gasteiger charge is -2.14. The monoisotopic (exact) mass is 504 g/mol. The maximum absolute atomic E-state index is 6.46. The summed E-state index contributed by atoms with van der Waals surface area (Å²) in [4.78, 5) is 0. The third-order valence-electron chi connectivity index (χ3n) is 4.53. The molecule has 0 aliphatic rings. The molecule has 0 aromatic heterocycles. The van der Waals surface area contributed by atoms with Crippen molar-refractivity contribution in [3.63, 3.8) is 0 Å². The molecule has 0 amide bonds. The van der Waals surface area contributed by atoms with E-state index >= 15 is 0 Å². The zero-order chi connectivity index (χ0) is 22.8. The van der Waals surface area contributed by atoms with Crippen molar-refractivity contribution in [1.29, 1.82) is 0 Å². The summed E-state index contributed by atoms with van der Waals surface area (Å²) in [7, 11) is 0. The molecule has 0 bridgehead atoms. The molecular weight excluding hydrogens is 490 g/mol. The second-order valence-corrected chi connectivity index (χ2v) is 8.51. The Labute approximate surface area is 205 Å². The zero-order valence-electron chi connectivity index (χ0n) is 16.4. The van der Waals surface area contributed by atoms with Gasteiger partial charge in [0.2, 0.25) is 0 Å². The largest absolute Gasteiger partial charge is 0.454 e. The zero-order valence-corrected chi connectivity index (χ0v) is 19.4. The van der Waals surface area contributed by atoms with Gasteiger partial charge in [0.05, 0.1) is 20.1 Å². The van der Waals surface area contributed by atoms with Crippen LogP contribution in [0, 0.1) is 0 Å². The van der Waals surface area contributed by atoms with Gasteiger partial charge < -0.3 is 20.9 Å². The summed E-state index contributed by atoms with van der Waals surface area (Å²) in [6.45, 7) is 0. The summed E-state index contributed by atoms with van der Waals surface area (Å²) in [5, 5.41) is 1.33. The van der Waals surface area contributed by atoms with E-state index in [0.717, 1.165) is 0 Å². The average molecular weight is 506 g/mol. The summed E-state index contributed by atoms with van der Waals surface area (Å²) < 4.78 is 11.7. The number of ether oxygens (including phenoxy) is 2. The quantitative estimate of drug-likeness (QED) is 0.266. The molecule has 0 unspecified atom stereocenters. The topological polar surface area (TPSA) is 70.5 Å². The fourth-order valence-corrected chi connectivity index (χ4v) is 4.08. The van der Waals surface area contributed by atoms with E-state index in [9.17, 15) is 0 Å². The first-order valence-corrected chi connectivity index (χ1v) is 10.9. The van der Waals surface area contributed by atoms with Crippen LogP contribution in [0.2, 0.25) is 20.1 Å². The molecule has 4 N–H and O–H groups in total. The van der Waals surface area contributed by atoms with Crippen LogP contribution in [-0.2, 0) is 0 Å². The first kappa shape index (κ1) is 22.4. The predicted octanol–water partition coefficient (Wildman–Crippen LogP) is 8.72. The number of nitrogens with two attached hydrogens (primary N) is 2. The molecule has 4 nitrogen and oxygen atoms in total. The molecule has 162 valence electrons. The Hall–Kier alpha value is -2.76. The Kier molecular flexibility index (Phi) is 6.58. The van der Waals surface area contributed by atoms with Gasteiger partial charge in [0.25, 0.3) is 0 Å². The smallest absolute Gasteiger partial charge is 0.164 e. The van der Waals surface area contributed by atoms with E-state index in [2.05, 4.69) is 0 Å². The van der Waals surface area contributed by atoms with Crippen LogP contribution in [0.4, 0.5) is 11.4 Å². The second kappa shape index (κ2) is 9.39. The highest BCUT2D eigenvalue weighted by Crippen LogP contribution is 2.44. The molecule has 0 saturated heterocycles. The Bertz CT molecular complexity index is 1130. The number of rotatable bonds is 5. The minimum atomic E-state index is 0.332. The third kappa shape index (κ3) is 5.00. The predicted molar refractivity (Wildman–Crippen MR) is 134 cm³/mol.